The van der Waals surface area contributed by atoms with Crippen molar-refractivity contribution in [2.24, 2.45) is 0 Å². The highest BCUT2D eigenvalue weighted by Crippen LogP contribution is 2.21. The van der Waals surface area contributed by atoms with Crippen LogP contribution >= 0.6 is 0 Å². The van der Waals surface area contributed by atoms with Crippen LogP contribution < -0.4 is 10.6 Å². The molecule has 3 rings (SSSR count). The number of carbonyl (C=O) groups excluding carboxylic acids is 1. The van der Waals surface area contributed by atoms with Gasteiger partial charge < -0.3 is 15.2 Å². The lowest BCUT2D eigenvalue weighted by atomic mass is 9.95. The molecule has 1 aliphatic rings. The van der Waals surface area contributed by atoms with Gasteiger partial charge in [0.1, 0.15) is 11.5 Å². The van der Waals surface area contributed by atoms with Crippen LogP contribution in [0.25, 0.3) is 0 Å². The Hall–Kier alpha value is -2.37. The van der Waals surface area contributed by atoms with Gasteiger partial charge in [-0.3, -0.25) is 4.79 Å². The lowest BCUT2D eigenvalue weighted by Gasteiger charge is -2.23. The van der Waals surface area contributed by atoms with Gasteiger partial charge in [-0.15, -0.1) is 0 Å². The van der Waals surface area contributed by atoms with Crippen LogP contribution in [0.5, 0.6) is 0 Å². The molecule has 6 nitrogen and oxygen atoms in total. The first-order valence-electron chi connectivity index (χ1n) is 7.68. The number of hydrogen-bond donors (Lipinski definition) is 2. The van der Waals surface area contributed by atoms with Gasteiger partial charge in [-0.2, -0.15) is 0 Å². The highest BCUT2D eigenvalue weighted by Gasteiger charge is 2.14. The Balaban J connectivity index is 1.59. The van der Waals surface area contributed by atoms with Crippen molar-refractivity contribution in [2.75, 3.05) is 10.6 Å². The van der Waals surface area contributed by atoms with Gasteiger partial charge in [-0.1, -0.05) is 24.4 Å². The fourth-order valence-electron chi connectivity index (χ4n) is 2.70. The van der Waals surface area contributed by atoms with Gasteiger partial charge in [0, 0.05) is 12.1 Å². The molecular formula is C16H20N4O2. The molecule has 1 amide bonds. The zero-order valence-electron chi connectivity index (χ0n) is 12.6. The van der Waals surface area contributed by atoms with Gasteiger partial charge in [0.2, 0.25) is 0 Å². The van der Waals surface area contributed by atoms with E-state index in [1.54, 1.807) is 25.3 Å². The molecule has 2 aromatic rings. The second-order valence-corrected chi connectivity index (χ2v) is 5.69. The number of nitrogens with one attached hydrogen (secondary N) is 2. The Labute approximate surface area is 129 Å². The third kappa shape index (κ3) is 3.63. The molecule has 1 aliphatic carbocycles. The van der Waals surface area contributed by atoms with E-state index in [1.165, 1.54) is 32.1 Å². The summed E-state index contributed by atoms with van der Waals surface area (Å²) >= 11 is 0. The average molecular weight is 300 g/mol. The van der Waals surface area contributed by atoms with Crippen molar-refractivity contribution in [3.63, 3.8) is 0 Å². The first-order chi connectivity index (χ1) is 10.7. The summed E-state index contributed by atoms with van der Waals surface area (Å²) in [6, 6.07) is 5.79. The topological polar surface area (TPSA) is 80.0 Å². The predicted octanol–water partition coefficient (Wildman–Crippen LogP) is 3.37. The molecule has 0 radical (unpaired) electrons. The second kappa shape index (κ2) is 6.60. The first-order valence-corrected chi connectivity index (χ1v) is 7.68. The molecule has 0 saturated heterocycles. The SMILES string of the molecule is Cc1cc(NC(=O)c2ccc(NC3CCCCC3)cn2)no1. The number of carbonyl (C=O) groups is 1. The van der Waals surface area contributed by atoms with E-state index in [0.29, 0.717) is 23.3 Å². The Bertz CT molecular complexity index is 630. The lowest BCUT2D eigenvalue weighted by molar-refractivity contribution is 0.102. The summed E-state index contributed by atoms with van der Waals surface area (Å²) in [6.45, 7) is 1.77. The van der Waals surface area contributed by atoms with Gasteiger partial charge in [0.15, 0.2) is 5.82 Å². The number of pyridine rings is 1. The van der Waals surface area contributed by atoms with Crippen molar-refractivity contribution in [3.05, 3.63) is 35.9 Å². The zero-order chi connectivity index (χ0) is 15.4. The largest absolute Gasteiger partial charge is 0.381 e. The van der Waals surface area contributed by atoms with E-state index in [9.17, 15) is 4.79 Å². The number of anilines is 2. The fourth-order valence-corrected chi connectivity index (χ4v) is 2.70. The molecule has 22 heavy (non-hydrogen) atoms. The van der Waals surface area contributed by atoms with E-state index in [2.05, 4.69) is 20.8 Å². The van der Waals surface area contributed by atoms with Gasteiger partial charge in [0.25, 0.3) is 5.91 Å². The molecule has 0 aliphatic heterocycles. The predicted molar refractivity (Wildman–Crippen MR) is 83.9 cm³/mol. The summed E-state index contributed by atoms with van der Waals surface area (Å²) in [6.07, 6.45) is 8.00. The summed E-state index contributed by atoms with van der Waals surface area (Å²) in [5.74, 6) is 0.751. The maximum absolute atomic E-state index is 12.0. The van der Waals surface area contributed by atoms with Crippen LogP contribution in [0.2, 0.25) is 0 Å². The minimum absolute atomic E-state index is 0.294. The summed E-state index contributed by atoms with van der Waals surface area (Å²) in [5.41, 5.74) is 1.32. The third-order valence-electron chi connectivity index (χ3n) is 3.84. The summed E-state index contributed by atoms with van der Waals surface area (Å²) in [5, 5.41) is 9.86. The van der Waals surface area contributed by atoms with Crippen molar-refractivity contribution < 1.29 is 9.32 Å². The molecule has 0 bridgehead atoms. The molecule has 2 N–H and O–H groups in total. The average Bonchev–Trinajstić information content (AvgIpc) is 2.94. The van der Waals surface area contributed by atoms with Crippen molar-refractivity contribution in [1.82, 2.24) is 10.1 Å². The fraction of sp³-hybridized carbons (Fsp3) is 0.438. The van der Waals surface area contributed by atoms with Crippen molar-refractivity contribution >= 4 is 17.4 Å². The molecule has 0 unspecified atom stereocenters. The molecule has 1 fully saturated rings. The highest BCUT2D eigenvalue weighted by molar-refractivity contribution is 6.02. The Morgan fingerprint density at radius 2 is 2.09 bits per heavy atom. The van der Waals surface area contributed by atoms with E-state index >= 15 is 0 Å². The van der Waals surface area contributed by atoms with E-state index < -0.39 is 0 Å². The van der Waals surface area contributed by atoms with E-state index in [0.717, 1.165) is 5.69 Å². The van der Waals surface area contributed by atoms with Crippen LogP contribution in [0.4, 0.5) is 11.5 Å². The Morgan fingerprint density at radius 3 is 2.73 bits per heavy atom. The molecule has 0 atom stereocenters. The first kappa shape index (κ1) is 14.6. The summed E-state index contributed by atoms with van der Waals surface area (Å²) in [7, 11) is 0. The van der Waals surface area contributed by atoms with Crippen molar-refractivity contribution in [2.45, 2.75) is 45.1 Å². The number of hydrogen-bond acceptors (Lipinski definition) is 5. The monoisotopic (exact) mass is 300 g/mol. The molecule has 2 aromatic heterocycles. The van der Waals surface area contributed by atoms with Crippen LogP contribution in [-0.4, -0.2) is 22.1 Å². The Kier molecular flexibility index (Phi) is 4.37. The second-order valence-electron chi connectivity index (χ2n) is 5.69. The molecule has 0 spiro atoms. The summed E-state index contributed by atoms with van der Waals surface area (Å²) in [4.78, 5) is 16.3. The highest BCUT2D eigenvalue weighted by atomic mass is 16.5. The number of amides is 1. The molecule has 116 valence electrons. The lowest BCUT2D eigenvalue weighted by Crippen LogP contribution is -2.22. The number of aryl methyl sites for hydroxylation is 1. The quantitative estimate of drug-likeness (QED) is 0.905. The maximum Gasteiger partial charge on any atom is 0.275 e. The van der Waals surface area contributed by atoms with Gasteiger partial charge in [-0.25, -0.2) is 4.98 Å². The zero-order valence-corrected chi connectivity index (χ0v) is 12.6. The third-order valence-corrected chi connectivity index (χ3v) is 3.84. The van der Waals surface area contributed by atoms with Crippen molar-refractivity contribution in [3.8, 4) is 0 Å². The van der Waals surface area contributed by atoms with Gasteiger partial charge in [-0.05, 0) is 31.9 Å². The van der Waals surface area contributed by atoms with Gasteiger partial charge in [0.05, 0.1) is 11.9 Å². The van der Waals surface area contributed by atoms with Crippen LogP contribution in [-0.2, 0) is 0 Å². The van der Waals surface area contributed by atoms with E-state index in [-0.39, 0.29) is 5.91 Å². The van der Waals surface area contributed by atoms with E-state index in [4.69, 9.17) is 4.52 Å². The van der Waals surface area contributed by atoms with Crippen molar-refractivity contribution in [1.29, 1.82) is 0 Å². The molecular weight excluding hydrogens is 280 g/mol. The van der Waals surface area contributed by atoms with Crippen LogP contribution in [0.1, 0.15) is 48.4 Å². The standard InChI is InChI=1S/C16H20N4O2/c1-11-9-15(20-22-11)19-16(21)14-8-7-13(10-17-14)18-12-5-3-2-4-6-12/h7-10,12,18H,2-6H2,1H3,(H,19,20,21). The normalized spacial score (nSPS) is 15.5. The van der Waals surface area contributed by atoms with Gasteiger partial charge >= 0.3 is 0 Å². The summed E-state index contributed by atoms with van der Waals surface area (Å²) < 4.78 is 4.91. The number of nitrogens with zero attached hydrogens (tertiary/aromatic N) is 2. The molecule has 2 heterocycles. The molecule has 0 aromatic carbocycles. The smallest absolute Gasteiger partial charge is 0.275 e. The van der Waals surface area contributed by atoms with Crippen LogP contribution in [0.15, 0.2) is 28.9 Å². The minimum Gasteiger partial charge on any atom is -0.381 e. The van der Waals surface area contributed by atoms with Crippen LogP contribution in [0, 0.1) is 6.92 Å². The minimum atomic E-state index is -0.294. The maximum atomic E-state index is 12.0. The number of rotatable bonds is 4. The number of aromatic nitrogens is 2. The van der Waals surface area contributed by atoms with E-state index in [1.807, 2.05) is 6.07 Å². The Morgan fingerprint density at radius 1 is 1.27 bits per heavy atom. The molecule has 1 saturated carbocycles. The van der Waals surface area contributed by atoms with Crippen LogP contribution in [0.3, 0.4) is 0 Å². The molecule has 6 heteroatoms.